The summed E-state index contributed by atoms with van der Waals surface area (Å²) in [6.45, 7) is 1.97. The third-order valence-corrected chi connectivity index (χ3v) is 4.96. The smallest absolute Gasteiger partial charge is 0.234 e. The number of benzene rings is 2. The first-order chi connectivity index (χ1) is 13.2. The molecule has 0 atom stereocenters. The van der Waals surface area contributed by atoms with E-state index in [2.05, 4.69) is 20.6 Å². The van der Waals surface area contributed by atoms with Gasteiger partial charge >= 0.3 is 0 Å². The Labute approximate surface area is 160 Å². The Hall–Kier alpha value is -3.19. The van der Waals surface area contributed by atoms with Crippen LogP contribution >= 0.6 is 11.8 Å². The van der Waals surface area contributed by atoms with Crippen molar-refractivity contribution in [2.24, 2.45) is 0 Å². The summed E-state index contributed by atoms with van der Waals surface area (Å²) in [6.07, 6.45) is 0. The summed E-state index contributed by atoms with van der Waals surface area (Å²) < 4.78 is 1.71. The van der Waals surface area contributed by atoms with Gasteiger partial charge in [-0.15, -0.1) is 10.2 Å². The van der Waals surface area contributed by atoms with E-state index in [1.165, 1.54) is 11.8 Å². The molecule has 1 N–H and O–H groups in total. The van der Waals surface area contributed by atoms with E-state index in [9.17, 15) is 4.79 Å². The van der Waals surface area contributed by atoms with Crippen LogP contribution in [0.4, 0.5) is 5.69 Å². The molecule has 4 rings (SSSR count). The number of hydrogen-bond acceptors (Lipinski definition) is 5. The Morgan fingerprint density at radius 1 is 1.00 bits per heavy atom. The number of nitrogens with one attached hydrogen (secondary N) is 1. The van der Waals surface area contributed by atoms with Crippen LogP contribution in [-0.4, -0.2) is 31.5 Å². The van der Waals surface area contributed by atoms with Crippen molar-refractivity contribution in [2.75, 3.05) is 11.1 Å². The van der Waals surface area contributed by atoms with Gasteiger partial charge in [-0.3, -0.25) is 4.79 Å². The molecule has 1 amide bonds. The average Bonchev–Trinajstić information content (AvgIpc) is 3.12. The summed E-state index contributed by atoms with van der Waals surface area (Å²) in [5.41, 5.74) is 3.48. The molecule has 0 bridgehead atoms. The first-order valence-corrected chi connectivity index (χ1v) is 9.45. The second-order valence-electron chi connectivity index (χ2n) is 5.98. The van der Waals surface area contributed by atoms with Crippen molar-refractivity contribution in [1.29, 1.82) is 0 Å². The summed E-state index contributed by atoms with van der Waals surface area (Å²) in [5.74, 6) is 0.885. The lowest BCUT2D eigenvalue weighted by atomic mass is 10.2. The normalized spacial score (nSPS) is 10.9. The largest absolute Gasteiger partial charge is 0.325 e. The van der Waals surface area contributed by atoms with Crippen LogP contribution in [0.25, 0.3) is 17.0 Å². The first-order valence-electron chi connectivity index (χ1n) is 8.47. The lowest BCUT2D eigenvalue weighted by Gasteiger charge is -2.07. The highest BCUT2D eigenvalue weighted by atomic mass is 32.2. The Kier molecular flexibility index (Phi) is 4.84. The molecule has 6 nitrogen and oxygen atoms in total. The number of aryl methyl sites for hydroxylation is 1. The second-order valence-corrected chi connectivity index (χ2v) is 6.98. The molecule has 0 aliphatic heterocycles. The number of rotatable bonds is 5. The molecule has 2 aromatic heterocycles. The van der Waals surface area contributed by atoms with E-state index >= 15 is 0 Å². The van der Waals surface area contributed by atoms with Crippen molar-refractivity contribution in [3.05, 3.63) is 72.3 Å². The van der Waals surface area contributed by atoms with Crippen molar-refractivity contribution in [3.63, 3.8) is 0 Å². The lowest BCUT2D eigenvalue weighted by molar-refractivity contribution is -0.113. The average molecular weight is 375 g/mol. The molecule has 2 aromatic carbocycles. The van der Waals surface area contributed by atoms with Crippen LogP contribution in [0.3, 0.4) is 0 Å². The summed E-state index contributed by atoms with van der Waals surface area (Å²) in [7, 11) is 0. The lowest BCUT2D eigenvalue weighted by Crippen LogP contribution is -2.15. The van der Waals surface area contributed by atoms with E-state index in [-0.39, 0.29) is 11.7 Å². The number of fused-ring (bicyclic) bond motifs is 1. The Bertz CT molecular complexity index is 1090. The van der Waals surface area contributed by atoms with Gasteiger partial charge in [0.2, 0.25) is 5.91 Å². The number of amides is 1. The highest BCUT2D eigenvalue weighted by Crippen LogP contribution is 2.21. The van der Waals surface area contributed by atoms with E-state index in [0.717, 1.165) is 21.8 Å². The highest BCUT2D eigenvalue weighted by Gasteiger charge is 2.11. The van der Waals surface area contributed by atoms with E-state index in [1.807, 2.05) is 73.7 Å². The van der Waals surface area contributed by atoms with Crippen molar-refractivity contribution >= 4 is 29.0 Å². The van der Waals surface area contributed by atoms with E-state index in [1.54, 1.807) is 4.52 Å². The molecule has 2 heterocycles. The molecular formula is C20H17N5OS. The van der Waals surface area contributed by atoms with Crippen LogP contribution < -0.4 is 5.32 Å². The van der Waals surface area contributed by atoms with Gasteiger partial charge < -0.3 is 5.32 Å². The van der Waals surface area contributed by atoms with Crippen LogP contribution in [0.1, 0.15) is 5.56 Å². The minimum atomic E-state index is -0.0664. The van der Waals surface area contributed by atoms with Crippen LogP contribution in [0, 0.1) is 6.92 Å². The van der Waals surface area contributed by atoms with Crippen LogP contribution in [0.5, 0.6) is 0 Å². The number of hydrogen-bond donors (Lipinski definition) is 1. The van der Waals surface area contributed by atoms with Gasteiger partial charge in [0.1, 0.15) is 5.03 Å². The second kappa shape index (κ2) is 7.59. The van der Waals surface area contributed by atoms with Crippen molar-refractivity contribution in [1.82, 2.24) is 19.8 Å². The van der Waals surface area contributed by atoms with Gasteiger partial charge in [0.05, 0.1) is 5.75 Å². The van der Waals surface area contributed by atoms with Gasteiger partial charge in [-0.05, 0) is 30.7 Å². The molecule has 7 heteroatoms. The Balaban J connectivity index is 1.49. The summed E-state index contributed by atoms with van der Waals surface area (Å²) in [6, 6.07) is 21.2. The van der Waals surface area contributed by atoms with Gasteiger partial charge in [0, 0.05) is 11.3 Å². The van der Waals surface area contributed by atoms with E-state index in [0.29, 0.717) is 11.5 Å². The fraction of sp³-hybridized carbons (Fsp3) is 0.100. The molecule has 0 aliphatic rings. The molecule has 0 fully saturated rings. The van der Waals surface area contributed by atoms with Crippen molar-refractivity contribution in [3.8, 4) is 11.4 Å². The molecule has 134 valence electrons. The minimum Gasteiger partial charge on any atom is -0.325 e. The molecule has 0 unspecified atom stereocenters. The van der Waals surface area contributed by atoms with E-state index < -0.39 is 0 Å². The molecular weight excluding hydrogens is 358 g/mol. The van der Waals surface area contributed by atoms with Gasteiger partial charge in [0.25, 0.3) is 0 Å². The third kappa shape index (κ3) is 3.83. The third-order valence-electron chi connectivity index (χ3n) is 4.04. The SMILES string of the molecule is Cc1ccccc1NC(=O)CSc1ccc2nnc(-c3ccccc3)n2n1. The van der Waals surface area contributed by atoms with Crippen molar-refractivity contribution in [2.45, 2.75) is 11.9 Å². The Morgan fingerprint density at radius 3 is 2.59 bits per heavy atom. The summed E-state index contributed by atoms with van der Waals surface area (Å²) in [5, 5.41) is 16.6. The molecule has 0 aliphatic carbocycles. The fourth-order valence-corrected chi connectivity index (χ4v) is 3.31. The molecule has 0 radical (unpaired) electrons. The maximum Gasteiger partial charge on any atom is 0.234 e. The highest BCUT2D eigenvalue weighted by molar-refractivity contribution is 7.99. The van der Waals surface area contributed by atoms with Gasteiger partial charge in [0.15, 0.2) is 11.5 Å². The quantitative estimate of drug-likeness (QED) is 0.537. The number of aromatic nitrogens is 4. The van der Waals surface area contributed by atoms with Crippen LogP contribution in [-0.2, 0) is 4.79 Å². The molecule has 4 aromatic rings. The van der Waals surface area contributed by atoms with Gasteiger partial charge in [-0.1, -0.05) is 60.3 Å². The topological polar surface area (TPSA) is 72.2 Å². The predicted octanol–water partition coefficient (Wildman–Crippen LogP) is 3.83. The summed E-state index contributed by atoms with van der Waals surface area (Å²) in [4.78, 5) is 12.2. The van der Waals surface area contributed by atoms with Crippen LogP contribution in [0.15, 0.2) is 71.8 Å². The monoisotopic (exact) mass is 375 g/mol. The molecule has 27 heavy (non-hydrogen) atoms. The standard InChI is InChI=1S/C20H17N5OS/c1-14-7-5-6-10-16(14)21-18(26)13-27-19-12-11-17-22-23-20(25(17)24-19)15-8-3-2-4-9-15/h2-12H,13H2,1H3,(H,21,26). The number of para-hydroxylation sites is 1. The molecule has 0 saturated carbocycles. The molecule has 0 spiro atoms. The fourth-order valence-electron chi connectivity index (χ4n) is 2.66. The Morgan fingerprint density at radius 2 is 1.78 bits per heavy atom. The zero-order valence-corrected chi connectivity index (χ0v) is 15.5. The zero-order chi connectivity index (χ0) is 18.6. The first kappa shape index (κ1) is 17.2. The zero-order valence-electron chi connectivity index (χ0n) is 14.7. The predicted molar refractivity (Wildman–Crippen MR) is 107 cm³/mol. The maximum absolute atomic E-state index is 12.2. The number of thioether (sulfide) groups is 1. The number of nitrogens with zero attached hydrogens (tertiary/aromatic N) is 4. The maximum atomic E-state index is 12.2. The van der Waals surface area contributed by atoms with Crippen molar-refractivity contribution < 1.29 is 4.79 Å². The number of anilines is 1. The molecule has 0 saturated heterocycles. The minimum absolute atomic E-state index is 0.0664. The van der Waals surface area contributed by atoms with E-state index in [4.69, 9.17) is 0 Å². The number of carbonyl (C=O) groups excluding carboxylic acids is 1. The van der Waals surface area contributed by atoms with Gasteiger partial charge in [-0.25, -0.2) is 0 Å². The van der Waals surface area contributed by atoms with Gasteiger partial charge in [-0.2, -0.15) is 9.61 Å². The number of carbonyl (C=O) groups is 1. The summed E-state index contributed by atoms with van der Waals surface area (Å²) >= 11 is 1.38. The van der Waals surface area contributed by atoms with Crippen LogP contribution in [0.2, 0.25) is 0 Å².